The number of anilines is 1. The molecule has 24 heavy (non-hydrogen) atoms. The van der Waals surface area contributed by atoms with Crippen molar-refractivity contribution < 1.29 is 19.3 Å². The van der Waals surface area contributed by atoms with Gasteiger partial charge in [0.2, 0.25) is 6.79 Å². The van der Waals surface area contributed by atoms with Crippen LogP contribution < -0.4 is 19.4 Å². The second-order valence-electron chi connectivity index (χ2n) is 5.73. The van der Waals surface area contributed by atoms with Crippen molar-refractivity contribution in [2.75, 3.05) is 37.9 Å². The maximum atomic E-state index is 12.7. The number of carbonyl (C=O) groups is 1. The number of nitrogens with one attached hydrogen (secondary N) is 1. The summed E-state index contributed by atoms with van der Waals surface area (Å²) >= 11 is 6.17. The van der Waals surface area contributed by atoms with E-state index in [0.29, 0.717) is 35.2 Å². The van der Waals surface area contributed by atoms with Gasteiger partial charge in [-0.2, -0.15) is 0 Å². The van der Waals surface area contributed by atoms with E-state index in [4.69, 9.17) is 21.1 Å². The van der Waals surface area contributed by atoms with Crippen molar-refractivity contribution in [3.8, 4) is 11.5 Å². The van der Waals surface area contributed by atoms with Gasteiger partial charge in [-0.05, 0) is 12.1 Å². The zero-order valence-electron chi connectivity index (χ0n) is 13.0. The molecule has 0 radical (unpaired) electrons. The molecule has 6 nitrogen and oxygen atoms in total. The van der Waals surface area contributed by atoms with E-state index in [9.17, 15) is 4.79 Å². The predicted octanol–water partition coefficient (Wildman–Crippen LogP) is 1.85. The standard InChI is InChI=1S/C17H16ClN3O3/c18-14-9-12(10-15-16(14)24-11-23-15)17(22)21-7-5-20(6-8-21)13-1-3-19-4-2-13/h1-4,9-10H,5-8,11H2/p+1. The number of aromatic nitrogens is 1. The van der Waals surface area contributed by atoms with E-state index >= 15 is 0 Å². The van der Waals surface area contributed by atoms with Crippen molar-refractivity contribution in [2.24, 2.45) is 0 Å². The number of nitrogens with zero attached hydrogens (tertiary/aromatic N) is 2. The summed E-state index contributed by atoms with van der Waals surface area (Å²) in [6.07, 6.45) is 3.81. The lowest BCUT2D eigenvalue weighted by molar-refractivity contribution is -0.377. The number of benzene rings is 1. The third-order valence-electron chi connectivity index (χ3n) is 4.31. The third-order valence-corrected chi connectivity index (χ3v) is 4.59. The van der Waals surface area contributed by atoms with Gasteiger partial charge in [-0.1, -0.05) is 11.6 Å². The maximum absolute atomic E-state index is 12.7. The van der Waals surface area contributed by atoms with Crippen LogP contribution in [0.5, 0.6) is 11.5 Å². The molecule has 0 aliphatic carbocycles. The van der Waals surface area contributed by atoms with Crippen molar-refractivity contribution in [1.29, 1.82) is 0 Å². The van der Waals surface area contributed by atoms with Crippen LogP contribution in [0.2, 0.25) is 5.02 Å². The highest BCUT2D eigenvalue weighted by atomic mass is 35.5. The molecular formula is C17H17ClN3O3+. The first-order chi connectivity index (χ1) is 11.7. The van der Waals surface area contributed by atoms with Gasteiger partial charge in [0.15, 0.2) is 23.9 Å². The molecule has 7 heteroatoms. The van der Waals surface area contributed by atoms with Crippen LogP contribution in [-0.2, 0) is 0 Å². The number of amides is 1. The van der Waals surface area contributed by atoms with Gasteiger partial charge in [0.1, 0.15) is 0 Å². The number of rotatable bonds is 2. The normalized spacial score (nSPS) is 16.4. The Hall–Kier alpha value is -2.47. The van der Waals surface area contributed by atoms with Crippen LogP contribution in [0, 0.1) is 0 Å². The van der Waals surface area contributed by atoms with E-state index in [-0.39, 0.29) is 12.7 Å². The third kappa shape index (κ3) is 2.73. The minimum absolute atomic E-state index is 0.0313. The van der Waals surface area contributed by atoms with Crippen LogP contribution in [-0.4, -0.2) is 43.8 Å². The molecule has 0 atom stereocenters. The van der Waals surface area contributed by atoms with Crippen molar-refractivity contribution in [3.05, 3.63) is 47.2 Å². The van der Waals surface area contributed by atoms with E-state index in [1.54, 1.807) is 12.1 Å². The number of hydrogen-bond acceptors (Lipinski definition) is 4. The maximum Gasteiger partial charge on any atom is 0.254 e. The molecule has 1 aromatic carbocycles. The molecule has 0 saturated carbocycles. The van der Waals surface area contributed by atoms with E-state index in [2.05, 4.69) is 9.88 Å². The highest BCUT2D eigenvalue weighted by Crippen LogP contribution is 2.40. The fourth-order valence-corrected chi connectivity index (χ4v) is 3.30. The fourth-order valence-electron chi connectivity index (χ4n) is 3.03. The quantitative estimate of drug-likeness (QED) is 0.832. The van der Waals surface area contributed by atoms with Gasteiger partial charge < -0.3 is 19.3 Å². The first-order valence-corrected chi connectivity index (χ1v) is 8.19. The van der Waals surface area contributed by atoms with E-state index in [0.717, 1.165) is 18.8 Å². The van der Waals surface area contributed by atoms with Gasteiger partial charge >= 0.3 is 0 Å². The Labute approximate surface area is 144 Å². The van der Waals surface area contributed by atoms with E-state index < -0.39 is 0 Å². The molecule has 1 aromatic heterocycles. The number of piperazine rings is 1. The average Bonchev–Trinajstić information content (AvgIpc) is 3.11. The van der Waals surface area contributed by atoms with Crippen LogP contribution in [0.3, 0.4) is 0 Å². The molecule has 0 unspecified atom stereocenters. The zero-order valence-corrected chi connectivity index (χ0v) is 13.8. The molecule has 2 aliphatic rings. The Morgan fingerprint density at radius 1 is 1.08 bits per heavy atom. The number of hydrogen-bond donors (Lipinski definition) is 0. The van der Waals surface area contributed by atoms with E-state index in [1.807, 2.05) is 29.4 Å². The van der Waals surface area contributed by atoms with Crippen molar-refractivity contribution in [2.45, 2.75) is 0 Å². The molecule has 1 N–H and O–H groups in total. The van der Waals surface area contributed by atoms with Crippen LogP contribution in [0.1, 0.15) is 10.4 Å². The minimum atomic E-state index is -0.0313. The summed E-state index contributed by atoms with van der Waals surface area (Å²) in [5.41, 5.74) is 1.69. The Morgan fingerprint density at radius 3 is 2.58 bits per heavy atom. The Balaban J connectivity index is 1.46. The number of halogens is 1. The summed E-state index contributed by atoms with van der Waals surface area (Å²) in [5, 5.41) is 0.410. The number of H-pyrrole nitrogens is 1. The van der Waals surface area contributed by atoms with Gasteiger partial charge in [0.25, 0.3) is 5.91 Å². The van der Waals surface area contributed by atoms with Gasteiger partial charge in [0.05, 0.1) is 5.02 Å². The second-order valence-corrected chi connectivity index (χ2v) is 6.14. The fraction of sp³-hybridized carbons (Fsp3) is 0.294. The summed E-state index contributed by atoms with van der Waals surface area (Å²) in [6.45, 7) is 3.08. The smallest absolute Gasteiger partial charge is 0.254 e. The zero-order chi connectivity index (χ0) is 16.5. The Bertz CT molecular complexity index is 761. The SMILES string of the molecule is O=C(c1cc(Cl)c2c(c1)OCO2)N1CCN(c2cc[nH+]cc2)CC1. The largest absolute Gasteiger partial charge is 0.454 e. The molecule has 2 aliphatic heterocycles. The number of ether oxygens (including phenoxy) is 2. The van der Waals surface area contributed by atoms with Crippen molar-refractivity contribution >= 4 is 23.2 Å². The lowest BCUT2D eigenvalue weighted by atomic mass is 10.1. The van der Waals surface area contributed by atoms with Crippen LogP contribution in [0.25, 0.3) is 0 Å². The minimum Gasteiger partial charge on any atom is -0.454 e. The van der Waals surface area contributed by atoms with Crippen molar-refractivity contribution in [3.63, 3.8) is 0 Å². The van der Waals surface area contributed by atoms with Crippen LogP contribution >= 0.6 is 11.6 Å². The molecule has 1 amide bonds. The Kier molecular flexibility index (Phi) is 3.90. The van der Waals surface area contributed by atoms with Gasteiger partial charge in [-0.3, -0.25) is 4.79 Å². The summed E-state index contributed by atoms with van der Waals surface area (Å²) in [7, 11) is 0. The summed E-state index contributed by atoms with van der Waals surface area (Å²) < 4.78 is 10.6. The molecule has 0 spiro atoms. The number of pyridine rings is 1. The van der Waals surface area contributed by atoms with Crippen LogP contribution in [0.15, 0.2) is 36.7 Å². The highest BCUT2D eigenvalue weighted by molar-refractivity contribution is 6.32. The first-order valence-electron chi connectivity index (χ1n) is 7.82. The van der Waals surface area contributed by atoms with Gasteiger partial charge in [-0.15, -0.1) is 0 Å². The predicted molar refractivity (Wildman–Crippen MR) is 88.7 cm³/mol. The number of fused-ring (bicyclic) bond motifs is 1. The molecule has 3 heterocycles. The summed E-state index contributed by atoms with van der Waals surface area (Å²) in [6, 6.07) is 7.43. The lowest BCUT2D eigenvalue weighted by Crippen LogP contribution is -2.48. The lowest BCUT2D eigenvalue weighted by Gasteiger charge is -2.35. The number of carbonyl (C=O) groups excluding carboxylic acids is 1. The second kappa shape index (κ2) is 6.20. The van der Waals surface area contributed by atoms with E-state index in [1.165, 1.54) is 0 Å². The molecule has 2 aromatic rings. The average molecular weight is 347 g/mol. The summed E-state index contributed by atoms with van der Waals surface area (Å²) in [4.78, 5) is 19.9. The van der Waals surface area contributed by atoms with Crippen molar-refractivity contribution in [1.82, 2.24) is 4.90 Å². The van der Waals surface area contributed by atoms with Crippen LogP contribution in [0.4, 0.5) is 5.69 Å². The number of aromatic amines is 1. The molecule has 1 fully saturated rings. The molecular weight excluding hydrogens is 330 g/mol. The van der Waals surface area contributed by atoms with Gasteiger partial charge in [-0.25, -0.2) is 4.98 Å². The topological polar surface area (TPSA) is 56.2 Å². The molecule has 1 saturated heterocycles. The highest BCUT2D eigenvalue weighted by Gasteiger charge is 2.26. The Morgan fingerprint density at radius 2 is 1.83 bits per heavy atom. The first kappa shape index (κ1) is 15.1. The monoisotopic (exact) mass is 346 g/mol. The summed E-state index contributed by atoms with van der Waals surface area (Å²) in [5.74, 6) is 1.01. The molecule has 0 bridgehead atoms. The van der Waals surface area contributed by atoms with Gasteiger partial charge in [0, 0.05) is 49.6 Å². The molecule has 4 rings (SSSR count). The molecule has 124 valence electrons.